The molecular weight excluding hydrogens is 1060 g/mol. The molecule has 4 aromatic rings. The summed E-state index contributed by atoms with van der Waals surface area (Å²) in [4.78, 5) is 100. The first-order valence-electron chi connectivity index (χ1n) is 23.7. The van der Waals surface area contributed by atoms with Crippen molar-refractivity contribution in [2.75, 3.05) is 19.8 Å². The second-order valence-electron chi connectivity index (χ2n) is 17.7. The third-order valence-corrected chi connectivity index (χ3v) is 14.4. The Balaban J connectivity index is 1.29. The number of hydrogen-bond acceptors (Lipinski definition) is 16. The lowest BCUT2D eigenvalue weighted by molar-refractivity contribution is -0.343. The fourth-order valence-electron chi connectivity index (χ4n) is 9.43. The summed E-state index contributed by atoms with van der Waals surface area (Å²) in [5.74, 6) is -6.63. The zero-order valence-corrected chi connectivity index (χ0v) is 43.6. The number of carbonyl (C=O) groups is 7. The van der Waals surface area contributed by atoms with Crippen molar-refractivity contribution in [3.63, 3.8) is 0 Å². The van der Waals surface area contributed by atoms with Crippen molar-refractivity contribution in [3.8, 4) is 0 Å². The first kappa shape index (κ1) is 55.5. The van der Waals surface area contributed by atoms with Crippen LogP contribution in [0.5, 0.6) is 0 Å². The SMILES string of the molecule is C=CCCCO[C@@H]1O[C@H](COCc2ccccc2)[C@@H](O[C@@H]2O[C@H](COCc3ccccc3)[C@@H](OC(C)=O)[C@H](OC(C)=O)[C@H]2N2C(=O)c3c(Cl)c(Cl)c(Cl)c(Cl)c3C2=O)[C@H](OC(C)=O)[C@H]1N1C(=O)c2ccccc2C1=O. The number of rotatable bonds is 20. The molecule has 4 aromatic carbocycles. The molecule has 0 spiro atoms. The number of nitrogens with zero attached hydrogens (tertiary/aromatic N) is 2. The van der Waals surface area contributed by atoms with Crippen molar-refractivity contribution in [3.05, 3.63) is 151 Å². The summed E-state index contributed by atoms with van der Waals surface area (Å²) < 4.78 is 57.1. The molecule has 10 atom stereocenters. The van der Waals surface area contributed by atoms with Gasteiger partial charge in [-0.2, -0.15) is 0 Å². The molecule has 4 amide bonds. The number of ether oxygens (including phenoxy) is 9. The maximum absolute atomic E-state index is 15.0. The molecule has 0 unspecified atom stereocenters. The number of imide groups is 2. The summed E-state index contributed by atoms with van der Waals surface area (Å²) in [6, 6.07) is 20.6. The van der Waals surface area contributed by atoms with E-state index in [9.17, 15) is 33.6 Å². The van der Waals surface area contributed by atoms with Crippen LogP contribution in [-0.2, 0) is 70.2 Å². The third kappa shape index (κ3) is 11.8. The number of unbranched alkanes of at least 4 members (excludes halogenated alkanes) is 1. The zero-order chi connectivity index (χ0) is 53.7. The van der Waals surface area contributed by atoms with E-state index in [0.717, 1.165) is 36.8 Å². The van der Waals surface area contributed by atoms with E-state index in [0.29, 0.717) is 17.7 Å². The average Bonchev–Trinajstić information content (AvgIpc) is 3.80. The standard InChI is InChI=1S/C53H50Cl4N2O16/c1-5-6-15-22-69-52-42(58-48(63)32-20-13-14-21-33(32)49(58)64)46(71-28(3)61)45(35(73-52)26-68-24-31-18-11-8-12-19-31)75-53-43(59-50(65)36-37(51(59)66)39(55)41(57)40(56)38(36)54)47(72-29(4)62)44(70-27(2)60)34(74-53)25-67-23-30-16-9-7-10-17-30/h5,7-14,16-21,34-35,42-47,52-53H,1,6,15,22-26H2,2-4H3/t34-,35-,42-,43-,44-,45-,46-,47-,52-,53+/m1/s1. The summed E-state index contributed by atoms with van der Waals surface area (Å²) in [6.07, 6.45) is -10.7. The second kappa shape index (κ2) is 24.5. The number of fused-ring (bicyclic) bond motifs is 2. The Morgan fingerprint density at radius 1 is 0.560 bits per heavy atom. The Morgan fingerprint density at radius 3 is 1.45 bits per heavy atom. The van der Waals surface area contributed by atoms with Gasteiger partial charge in [-0.1, -0.05) is 125 Å². The van der Waals surface area contributed by atoms with Crippen molar-refractivity contribution >= 4 is 87.9 Å². The molecule has 4 aliphatic rings. The Labute approximate surface area is 450 Å². The molecule has 2 saturated heterocycles. The van der Waals surface area contributed by atoms with Gasteiger partial charge >= 0.3 is 17.9 Å². The van der Waals surface area contributed by atoms with Crippen LogP contribution < -0.4 is 0 Å². The van der Waals surface area contributed by atoms with Crippen LogP contribution in [0.25, 0.3) is 0 Å². The minimum atomic E-state index is -2.02. The van der Waals surface area contributed by atoms with Crippen molar-refractivity contribution in [2.45, 2.75) is 108 Å². The molecule has 0 aromatic heterocycles. The number of benzene rings is 4. The van der Waals surface area contributed by atoms with Crippen LogP contribution in [0.3, 0.4) is 0 Å². The van der Waals surface area contributed by atoms with Gasteiger partial charge in [0.2, 0.25) is 0 Å². The zero-order valence-electron chi connectivity index (χ0n) is 40.5. The van der Waals surface area contributed by atoms with E-state index >= 15 is 0 Å². The Hall–Kier alpha value is -5.77. The maximum Gasteiger partial charge on any atom is 0.303 e. The molecule has 8 rings (SSSR count). The van der Waals surface area contributed by atoms with Crippen LogP contribution in [0.2, 0.25) is 20.1 Å². The minimum Gasteiger partial charge on any atom is -0.457 e. The molecule has 2 fully saturated rings. The monoisotopic (exact) mass is 1110 g/mol. The number of carbonyl (C=O) groups excluding carboxylic acids is 7. The summed E-state index contributed by atoms with van der Waals surface area (Å²) >= 11 is 26.2. The van der Waals surface area contributed by atoms with E-state index in [1.54, 1.807) is 42.5 Å². The highest BCUT2D eigenvalue weighted by molar-refractivity contribution is 6.55. The van der Waals surface area contributed by atoms with Gasteiger partial charge < -0.3 is 42.6 Å². The molecule has 22 heteroatoms. The molecule has 75 heavy (non-hydrogen) atoms. The molecule has 0 radical (unpaired) electrons. The van der Waals surface area contributed by atoms with E-state index in [4.69, 9.17) is 89.0 Å². The van der Waals surface area contributed by atoms with Gasteiger partial charge in [-0.15, -0.1) is 6.58 Å². The van der Waals surface area contributed by atoms with Crippen molar-refractivity contribution < 1.29 is 76.2 Å². The van der Waals surface area contributed by atoms with Gasteiger partial charge in [0, 0.05) is 20.8 Å². The molecule has 4 aliphatic heterocycles. The van der Waals surface area contributed by atoms with E-state index in [2.05, 4.69) is 6.58 Å². The number of allylic oxidation sites excluding steroid dienone is 1. The van der Waals surface area contributed by atoms with Crippen LogP contribution in [0, 0.1) is 0 Å². The Bertz CT molecular complexity index is 2760. The van der Waals surface area contributed by atoms with E-state index in [1.165, 1.54) is 12.1 Å². The number of amides is 4. The van der Waals surface area contributed by atoms with Crippen molar-refractivity contribution in [2.24, 2.45) is 0 Å². The highest BCUT2D eigenvalue weighted by Crippen LogP contribution is 2.47. The van der Waals surface area contributed by atoms with Gasteiger partial charge in [-0.3, -0.25) is 43.4 Å². The van der Waals surface area contributed by atoms with Crippen LogP contribution in [-0.4, -0.2) is 132 Å². The molecule has 0 N–H and O–H groups in total. The molecule has 0 bridgehead atoms. The van der Waals surface area contributed by atoms with E-state index in [-0.39, 0.29) is 47.6 Å². The predicted molar refractivity (Wildman–Crippen MR) is 268 cm³/mol. The first-order valence-corrected chi connectivity index (χ1v) is 25.2. The smallest absolute Gasteiger partial charge is 0.303 e. The summed E-state index contributed by atoms with van der Waals surface area (Å²) in [6.45, 7) is 6.24. The van der Waals surface area contributed by atoms with Crippen molar-refractivity contribution in [1.82, 2.24) is 9.80 Å². The lowest BCUT2D eigenvalue weighted by atomic mass is 9.92. The van der Waals surface area contributed by atoms with Crippen LogP contribution in [0.15, 0.2) is 97.6 Å². The number of halogens is 4. The summed E-state index contributed by atoms with van der Waals surface area (Å²) in [5, 5.41) is -1.61. The van der Waals surface area contributed by atoms with Crippen molar-refractivity contribution in [1.29, 1.82) is 0 Å². The molecule has 396 valence electrons. The van der Waals surface area contributed by atoms with Crippen LogP contribution in [0.4, 0.5) is 0 Å². The third-order valence-electron chi connectivity index (χ3n) is 12.6. The highest BCUT2D eigenvalue weighted by Gasteiger charge is 2.62. The molecular formula is C53H50Cl4N2O16. The summed E-state index contributed by atoms with van der Waals surface area (Å²) in [7, 11) is 0. The maximum atomic E-state index is 15.0. The minimum absolute atomic E-state index is 0.000431. The number of hydrogen-bond donors (Lipinski definition) is 0. The highest BCUT2D eigenvalue weighted by atomic mass is 35.5. The number of esters is 3. The summed E-state index contributed by atoms with van der Waals surface area (Å²) in [5.41, 5.74) is 0.607. The van der Waals surface area contributed by atoms with Gasteiger partial charge in [-0.25, -0.2) is 0 Å². The van der Waals surface area contributed by atoms with Crippen LogP contribution in [0.1, 0.15) is 86.2 Å². The molecule has 4 heterocycles. The fraction of sp³-hybridized carbons (Fsp3) is 0.377. The van der Waals surface area contributed by atoms with Crippen LogP contribution >= 0.6 is 46.4 Å². The molecule has 0 saturated carbocycles. The largest absolute Gasteiger partial charge is 0.457 e. The van der Waals surface area contributed by atoms with Gasteiger partial charge in [0.1, 0.15) is 30.4 Å². The Morgan fingerprint density at radius 2 is 0.973 bits per heavy atom. The quantitative estimate of drug-likeness (QED) is 0.0156. The second-order valence-corrected chi connectivity index (χ2v) is 19.2. The van der Waals surface area contributed by atoms with Gasteiger partial charge in [0.15, 0.2) is 30.9 Å². The molecule has 18 nitrogen and oxygen atoms in total. The van der Waals surface area contributed by atoms with Gasteiger partial charge in [0.05, 0.1) is 75.4 Å². The van der Waals surface area contributed by atoms with Gasteiger partial charge in [0.25, 0.3) is 23.6 Å². The lowest BCUT2D eigenvalue weighted by Crippen LogP contribution is -2.71. The Kier molecular flexibility index (Phi) is 18.1. The predicted octanol–water partition coefficient (Wildman–Crippen LogP) is 7.98. The van der Waals surface area contributed by atoms with Gasteiger partial charge in [-0.05, 0) is 36.1 Å². The normalized spacial score (nSPS) is 25.2. The van der Waals surface area contributed by atoms with E-state index in [1.807, 2.05) is 36.4 Å². The molecule has 0 aliphatic carbocycles. The average molecular weight is 1110 g/mol. The fourth-order valence-corrected chi connectivity index (χ4v) is 10.4. The van der Waals surface area contributed by atoms with E-state index < -0.39 is 131 Å². The topological polar surface area (TPSA) is 209 Å². The first-order chi connectivity index (χ1) is 36.0. The lowest BCUT2D eigenvalue weighted by Gasteiger charge is -2.51.